The predicted molar refractivity (Wildman–Crippen MR) is 111 cm³/mol. The second-order valence-electron chi connectivity index (χ2n) is 5.76. The number of rotatable bonds is 5. The van der Waals surface area contributed by atoms with Gasteiger partial charge in [0.25, 0.3) is 0 Å². The zero-order valence-electron chi connectivity index (χ0n) is 14.6. The van der Waals surface area contributed by atoms with Crippen molar-refractivity contribution in [2.24, 2.45) is 10.1 Å². The Morgan fingerprint density at radius 1 is 1.44 bits per heavy atom. The van der Waals surface area contributed by atoms with E-state index in [0.717, 1.165) is 0 Å². The number of nitrogens with two attached hydrogens (primary N) is 1. The Labute approximate surface area is 167 Å². The fraction of sp³-hybridized carbons (Fsp3) is 0.562. The number of morpholine rings is 1. The molecule has 0 bridgehead atoms. The molecule has 0 aliphatic carbocycles. The summed E-state index contributed by atoms with van der Waals surface area (Å²) >= 11 is 0. The molecule has 1 aromatic carbocycles. The Morgan fingerprint density at radius 2 is 2.16 bits per heavy atom. The Hall–Kier alpha value is -0.910. The Morgan fingerprint density at radius 3 is 2.80 bits per heavy atom. The molecule has 1 fully saturated rings. The number of halogens is 1. The van der Waals surface area contributed by atoms with E-state index in [1.807, 2.05) is 19.1 Å². The molecule has 1 unspecified atom stereocenters. The van der Waals surface area contributed by atoms with Crippen LogP contribution >= 0.6 is 24.0 Å². The number of aryl methyl sites for hydroxylation is 1. The molecule has 142 valence electrons. The lowest BCUT2D eigenvalue weighted by atomic mass is 10.0. The first-order valence-corrected chi connectivity index (χ1v) is 9.83. The maximum Gasteiger partial charge on any atom is 0.210 e. The van der Waals surface area contributed by atoms with Gasteiger partial charge in [0.1, 0.15) is 6.10 Å². The summed E-state index contributed by atoms with van der Waals surface area (Å²) in [5, 5.41) is 8.25. The number of hydrogen-bond acceptors (Lipinski definition) is 4. The van der Waals surface area contributed by atoms with Crippen molar-refractivity contribution in [3.05, 3.63) is 35.4 Å². The molecule has 0 saturated carbocycles. The highest BCUT2D eigenvalue weighted by Gasteiger charge is 2.25. The average molecular weight is 482 g/mol. The highest BCUT2D eigenvalue weighted by molar-refractivity contribution is 14.0. The molecule has 2 rings (SSSR count). The van der Waals surface area contributed by atoms with Gasteiger partial charge in [-0.15, -0.1) is 24.0 Å². The van der Waals surface area contributed by atoms with Gasteiger partial charge in [-0.25, -0.2) is 13.6 Å². The average Bonchev–Trinajstić information content (AvgIpc) is 2.53. The predicted octanol–water partition coefficient (Wildman–Crippen LogP) is 1.24. The topological polar surface area (TPSA) is 97.0 Å². The van der Waals surface area contributed by atoms with Crippen molar-refractivity contribution < 1.29 is 13.2 Å². The van der Waals surface area contributed by atoms with Crippen LogP contribution in [-0.2, 0) is 14.8 Å². The molecular weight excluding hydrogens is 455 g/mol. The van der Waals surface area contributed by atoms with Crippen molar-refractivity contribution >= 4 is 40.0 Å². The summed E-state index contributed by atoms with van der Waals surface area (Å²) < 4.78 is 28.1. The van der Waals surface area contributed by atoms with E-state index in [-0.39, 0.29) is 42.4 Å². The number of sulfonamides is 1. The summed E-state index contributed by atoms with van der Waals surface area (Å²) in [6, 6.07) is 8.17. The number of primary sulfonamides is 1. The van der Waals surface area contributed by atoms with Crippen molar-refractivity contribution in [3.63, 3.8) is 0 Å². The van der Waals surface area contributed by atoms with Crippen LogP contribution in [-0.4, -0.2) is 57.8 Å². The number of benzene rings is 1. The molecule has 9 heteroatoms. The van der Waals surface area contributed by atoms with E-state index in [1.165, 1.54) is 11.1 Å². The standard InChI is InChI=1S/C16H26N4O3S.HI/c1-3-18-16(19-8-11-24(17,21)22)20-9-10-23-15(12-20)14-7-5-4-6-13(14)2;/h4-7,15H,3,8-12H2,1-2H3,(H,18,19)(H2,17,21,22);1H. The van der Waals surface area contributed by atoms with Gasteiger partial charge >= 0.3 is 0 Å². The molecule has 1 aromatic rings. The third-order valence-corrected chi connectivity index (χ3v) is 4.63. The number of guanidine groups is 1. The molecule has 1 heterocycles. The minimum Gasteiger partial charge on any atom is -0.370 e. The first-order chi connectivity index (χ1) is 11.4. The first kappa shape index (κ1) is 22.1. The van der Waals surface area contributed by atoms with Crippen molar-refractivity contribution in [2.75, 3.05) is 38.5 Å². The molecule has 1 atom stereocenters. The SMILES string of the molecule is CCNC(=NCCS(N)(=O)=O)N1CCOC(c2ccccc2C)C1.I. The molecule has 0 spiro atoms. The highest BCUT2D eigenvalue weighted by Crippen LogP contribution is 2.24. The van der Waals surface area contributed by atoms with Crippen LogP contribution in [0.2, 0.25) is 0 Å². The molecule has 7 nitrogen and oxygen atoms in total. The van der Waals surface area contributed by atoms with Gasteiger partial charge < -0.3 is 15.0 Å². The lowest BCUT2D eigenvalue weighted by Crippen LogP contribution is -2.48. The number of nitrogens with zero attached hydrogens (tertiary/aromatic N) is 2. The van der Waals surface area contributed by atoms with E-state index in [2.05, 4.69) is 34.3 Å². The Balaban J connectivity index is 0.00000312. The minimum absolute atomic E-state index is 0. The highest BCUT2D eigenvalue weighted by atomic mass is 127. The second-order valence-corrected chi connectivity index (χ2v) is 7.50. The minimum atomic E-state index is -3.50. The molecule has 1 aliphatic heterocycles. The van der Waals surface area contributed by atoms with E-state index in [1.54, 1.807) is 0 Å². The molecular formula is C16H27IN4O3S. The van der Waals surface area contributed by atoms with E-state index in [4.69, 9.17) is 9.88 Å². The Bertz CT molecular complexity index is 682. The summed E-state index contributed by atoms with van der Waals surface area (Å²) in [6.07, 6.45) is -0.0259. The van der Waals surface area contributed by atoms with Crippen LogP contribution in [0, 0.1) is 6.92 Å². The van der Waals surface area contributed by atoms with E-state index in [0.29, 0.717) is 32.2 Å². The summed E-state index contributed by atoms with van der Waals surface area (Å²) in [6.45, 7) is 6.89. The van der Waals surface area contributed by atoms with Crippen LogP contribution in [0.15, 0.2) is 29.3 Å². The van der Waals surface area contributed by atoms with Gasteiger partial charge in [-0.3, -0.25) is 4.99 Å². The monoisotopic (exact) mass is 482 g/mol. The van der Waals surface area contributed by atoms with Crippen LogP contribution in [0.25, 0.3) is 0 Å². The number of nitrogens with one attached hydrogen (secondary N) is 1. The molecule has 3 N–H and O–H groups in total. The van der Waals surface area contributed by atoms with Crippen LogP contribution in [0.3, 0.4) is 0 Å². The van der Waals surface area contributed by atoms with Gasteiger partial charge in [0.15, 0.2) is 5.96 Å². The quantitative estimate of drug-likeness (QED) is 0.374. The van der Waals surface area contributed by atoms with Crippen LogP contribution < -0.4 is 10.5 Å². The van der Waals surface area contributed by atoms with E-state index >= 15 is 0 Å². The smallest absolute Gasteiger partial charge is 0.210 e. The molecule has 25 heavy (non-hydrogen) atoms. The maximum atomic E-state index is 11.1. The van der Waals surface area contributed by atoms with Crippen LogP contribution in [0.4, 0.5) is 0 Å². The summed E-state index contributed by atoms with van der Waals surface area (Å²) in [5.74, 6) is 0.538. The van der Waals surface area contributed by atoms with Crippen molar-refractivity contribution in [3.8, 4) is 0 Å². The lowest BCUT2D eigenvalue weighted by molar-refractivity contribution is -0.00831. The summed E-state index contributed by atoms with van der Waals surface area (Å²) in [7, 11) is -3.50. The first-order valence-electron chi connectivity index (χ1n) is 8.11. The number of hydrogen-bond donors (Lipinski definition) is 2. The van der Waals surface area contributed by atoms with Crippen LogP contribution in [0.1, 0.15) is 24.2 Å². The van der Waals surface area contributed by atoms with E-state index in [9.17, 15) is 8.42 Å². The van der Waals surface area contributed by atoms with Gasteiger partial charge in [0, 0.05) is 13.1 Å². The largest absolute Gasteiger partial charge is 0.370 e. The molecule has 1 saturated heterocycles. The van der Waals surface area contributed by atoms with Gasteiger partial charge in [-0.05, 0) is 25.0 Å². The van der Waals surface area contributed by atoms with Gasteiger partial charge in [-0.1, -0.05) is 24.3 Å². The van der Waals surface area contributed by atoms with E-state index < -0.39 is 10.0 Å². The van der Waals surface area contributed by atoms with Gasteiger partial charge in [-0.2, -0.15) is 0 Å². The van der Waals surface area contributed by atoms with Gasteiger partial charge in [0.05, 0.1) is 25.4 Å². The molecule has 0 amide bonds. The van der Waals surface area contributed by atoms with Crippen LogP contribution in [0.5, 0.6) is 0 Å². The second kappa shape index (κ2) is 10.3. The maximum absolute atomic E-state index is 11.1. The normalized spacial score (nSPS) is 18.6. The Kier molecular flexibility index (Phi) is 9.11. The zero-order valence-corrected chi connectivity index (χ0v) is 17.8. The van der Waals surface area contributed by atoms with Crippen molar-refractivity contribution in [1.29, 1.82) is 0 Å². The fourth-order valence-corrected chi connectivity index (χ4v) is 3.03. The lowest BCUT2D eigenvalue weighted by Gasteiger charge is -2.35. The third kappa shape index (κ3) is 7.08. The third-order valence-electron chi connectivity index (χ3n) is 3.87. The summed E-state index contributed by atoms with van der Waals surface area (Å²) in [4.78, 5) is 6.49. The van der Waals surface area contributed by atoms with Gasteiger partial charge in [0.2, 0.25) is 10.0 Å². The van der Waals surface area contributed by atoms with Crippen molar-refractivity contribution in [1.82, 2.24) is 10.2 Å². The fourth-order valence-electron chi connectivity index (χ4n) is 2.68. The zero-order chi connectivity index (χ0) is 17.6. The molecule has 0 aromatic heterocycles. The number of aliphatic imine (C=N–C) groups is 1. The van der Waals surface area contributed by atoms with Crippen molar-refractivity contribution in [2.45, 2.75) is 20.0 Å². The number of ether oxygens (including phenoxy) is 1. The molecule has 1 aliphatic rings. The molecule has 0 radical (unpaired) electrons. The summed E-state index contributed by atoms with van der Waals surface area (Å²) in [5.41, 5.74) is 2.36.